The molecule has 0 aliphatic rings. The Bertz CT molecular complexity index is 1190. The molecule has 172 valence electrons. The Labute approximate surface area is 188 Å². The van der Waals surface area contributed by atoms with Crippen LogP contribution in [0.4, 0.5) is 4.79 Å². The van der Waals surface area contributed by atoms with Gasteiger partial charge in [-0.25, -0.2) is 4.79 Å². The standard InChI is InChI=1S/C25H33N3O4/c1-16(2)13-25(6,27-23(30)32-24(3,4)5)15-31-17-8-9-19-18-10-11-26-14-20(18)22(29)28(7)21(19)12-17/h8-12,14,16H,13,15H2,1-7H3,(H,27,30)/t25-/m0/s1. The zero-order valence-corrected chi connectivity index (χ0v) is 20.0. The van der Waals surface area contributed by atoms with Crippen LogP contribution >= 0.6 is 0 Å². The summed E-state index contributed by atoms with van der Waals surface area (Å²) >= 11 is 0. The van der Waals surface area contributed by atoms with Crippen LogP contribution in [0.25, 0.3) is 21.7 Å². The van der Waals surface area contributed by atoms with E-state index in [9.17, 15) is 9.59 Å². The molecule has 0 aliphatic heterocycles. The quantitative estimate of drug-likeness (QED) is 0.558. The van der Waals surface area contributed by atoms with Gasteiger partial charge in [0.1, 0.15) is 18.0 Å². The molecule has 0 spiro atoms. The number of benzene rings is 1. The van der Waals surface area contributed by atoms with Gasteiger partial charge in [-0.15, -0.1) is 0 Å². The number of alkyl carbamates (subject to hydrolysis) is 1. The maximum atomic E-state index is 12.7. The zero-order chi connectivity index (χ0) is 23.7. The third-order valence-corrected chi connectivity index (χ3v) is 5.20. The van der Waals surface area contributed by atoms with E-state index in [1.54, 1.807) is 24.0 Å². The first kappa shape index (κ1) is 23.6. The third-order valence-electron chi connectivity index (χ3n) is 5.20. The van der Waals surface area contributed by atoms with Gasteiger partial charge in [0.25, 0.3) is 5.56 Å². The van der Waals surface area contributed by atoms with E-state index in [0.29, 0.717) is 17.1 Å². The molecule has 3 aromatic rings. The number of nitrogens with zero attached hydrogens (tertiary/aromatic N) is 2. The second-order valence-electron chi connectivity index (χ2n) is 10.0. The molecule has 2 aromatic heterocycles. The summed E-state index contributed by atoms with van der Waals surface area (Å²) in [5.41, 5.74) is -0.525. The van der Waals surface area contributed by atoms with Crippen molar-refractivity contribution in [3.8, 4) is 5.75 Å². The van der Waals surface area contributed by atoms with Crippen LogP contribution in [0, 0.1) is 5.92 Å². The molecule has 3 rings (SSSR count). The second kappa shape index (κ2) is 8.81. The lowest BCUT2D eigenvalue weighted by Crippen LogP contribution is -2.52. The van der Waals surface area contributed by atoms with E-state index in [0.717, 1.165) is 22.7 Å². The number of ether oxygens (including phenoxy) is 2. The van der Waals surface area contributed by atoms with Crippen LogP contribution in [0.2, 0.25) is 0 Å². The van der Waals surface area contributed by atoms with Crippen molar-refractivity contribution in [2.45, 2.75) is 59.1 Å². The number of rotatable bonds is 6. The molecule has 0 aliphatic carbocycles. The lowest BCUT2D eigenvalue weighted by atomic mass is 9.91. The number of aromatic nitrogens is 2. The zero-order valence-electron chi connectivity index (χ0n) is 20.0. The number of aryl methyl sites for hydroxylation is 1. The van der Waals surface area contributed by atoms with Gasteiger partial charge in [0.05, 0.1) is 16.4 Å². The van der Waals surface area contributed by atoms with Gasteiger partial charge in [0, 0.05) is 30.9 Å². The van der Waals surface area contributed by atoms with Crippen molar-refractivity contribution in [1.82, 2.24) is 14.9 Å². The molecule has 0 bridgehead atoms. The van der Waals surface area contributed by atoms with Gasteiger partial charge in [-0.05, 0) is 63.6 Å². The number of nitrogens with one attached hydrogen (secondary N) is 1. The molecule has 0 saturated heterocycles. The van der Waals surface area contributed by atoms with Crippen molar-refractivity contribution in [3.05, 3.63) is 47.0 Å². The van der Waals surface area contributed by atoms with E-state index in [1.165, 1.54) is 0 Å². The molecule has 2 heterocycles. The van der Waals surface area contributed by atoms with Gasteiger partial charge >= 0.3 is 6.09 Å². The molecule has 1 N–H and O–H groups in total. The number of hydrogen-bond acceptors (Lipinski definition) is 5. The summed E-state index contributed by atoms with van der Waals surface area (Å²) in [4.78, 5) is 29.2. The Morgan fingerprint density at radius 2 is 1.84 bits per heavy atom. The fourth-order valence-corrected chi connectivity index (χ4v) is 4.04. The Morgan fingerprint density at radius 1 is 1.12 bits per heavy atom. The number of hydrogen-bond donors (Lipinski definition) is 1. The van der Waals surface area contributed by atoms with E-state index in [1.807, 2.05) is 52.0 Å². The van der Waals surface area contributed by atoms with Crippen molar-refractivity contribution in [2.24, 2.45) is 13.0 Å². The minimum absolute atomic E-state index is 0.103. The van der Waals surface area contributed by atoms with Crippen LogP contribution in [0.3, 0.4) is 0 Å². The molecule has 7 nitrogen and oxygen atoms in total. The summed E-state index contributed by atoms with van der Waals surface area (Å²) < 4.78 is 13.2. The number of carbonyl (C=O) groups excluding carboxylic acids is 1. The predicted molar refractivity (Wildman–Crippen MR) is 127 cm³/mol. The Hall–Kier alpha value is -3.09. The van der Waals surface area contributed by atoms with Gasteiger partial charge in [-0.1, -0.05) is 13.8 Å². The molecular formula is C25H33N3O4. The number of pyridine rings is 2. The lowest BCUT2D eigenvalue weighted by molar-refractivity contribution is 0.0408. The molecule has 32 heavy (non-hydrogen) atoms. The van der Waals surface area contributed by atoms with Gasteiger partial charge in [-0.2, -0.15) is 0 Å². The molecule has 7 heteroatoms. The monoisotopic (exact) mass is 439 g/mol. The Kier molecular flexibility index (Phi) is 6.49. The average molecular weight is 440 g/mol. The molecule has 0 fully saturated rings. The number of carbonyl (C=O) groups is 1. The normalized spacial score (nSPS) is 13.9. The summed E-state index contributed by atoms with van der Waals surface area (Å²) in [5.74, 6) is 0.970. The van der Waals surface area contributed by atoms with Crippen molar-refractivity contribution in [3.63, 3.8) is 0 Å². The van der Waals surface area contributed by atoms with Gasteiger partial charge < -0.3 is 19.4 Å². The highest BCUT2D eigenvalue weighted by Gasteiger charge is 2.31. The summed E-state index contributed by atoms with van der Waals surface area (Å²) in [6, 6.07) is 7.55. The van der Waals surface area contributed by atoms with Gasteiger partial charge in [-0.3, -0.25) is 9.78 Å². The fourth-order valence-electron chi connectivity index (χ4n) is 4.04. The third kappa shape index (κ3) is 5.39. The minimum atomic E-state index is -0.619. The highest BCUT2D eigenvalue weighted by atomic mass is 16.6. The van der Waals surface area contributed by atoms with Crippen LogP contribution in [0.15, 0.2) is 41.5 Å². The number of fused-ring (bicyclic) bond motifs is 3. The number of amides is 1. The van der Waals surface area contributed by atoms with E-state index < -0.39 is 17.2 Å². The van der Waals surface area contributed by atoms with Crippen molar-refractivity contribution < 1.29 is 14.3 Å². The topological polar surface area (TPSA) is 82.5 Å². The molecule has 1 atom stereocenters. The maximum Gasteiger partial charge on any atom is 0.408 e. The van der Waals surface area contributed by atoms with E-state index in [2.05, 4.69) is 24.1 Å². The van der Waals surface area contributed by atoms with Crippen LogP contribution in [-0.4, -0.2) is 33.4 Å². The first-order valence-electron chi connectivity index (χ1n) is 10.9. The lowest BCUT2D eigenvalue weighted by Gasteiger charge is -2.33. The SMILES string of the molecule is CC(C)C[C@@](C)(COc1ccc2c3ccncc3c(=O)n(C)c2c1)NC(=O)OC(C)(C)C. The fraction of sp³-hybridized carbons (Fsp3) is 0.480. The van der Waals surface area contributed by atoms with Crippen LogP contribution in [0.5, 0.6) is 5.75 Å². The average Bonchev–Trinajstić information content (AvgIpc) is 2.68. The molecular weight excluding hydrogens is 406 g/mol. The first-order chi connectivity index (χ1) is 14.9. The van der Waals surface area contributed by atoms with E-state index in [4.69, 9.17) is 9.47 Å². The molecule has 0 saturated carbocycles. The second-order valence-corrected chi connectivity index (χ2v) is 10.0. The Balaban J connectivity index is 1.88. The Morgan fingerprint density at radius 3 is 2.50 bits per heavy atom. The van der Waals surface area contributed by atoms with Crippen LogP contribution in [-0.2, 0) is 11.8 Å². The molecule has 1 aromatic carbocycles. The van der Waals surface area contributed by atoms with E-state index >= 15 is 0 Å². The van der Waals surface area contributed by atoms with Gasteiger partial charge in [0.2, 0.25) is 0 Å². The minimum Gasteiger partial charge on any atom is -0.491 e. The van der Waals surface area contributed by atoms with Crippen molar-refractivity contribution in [1.29, 1.82) is 0 Å². The van der Waals surface area contributed by atoms with Crippen molar-refractivity contribution >= 4 is 27.8 Å². The summed E-state index contributed by atoms with van der Waals surface area (Å²) in [6.45, 7) is 11.9. The van der Waals surface area contributed by atoms with E-state index in [-0.39, 0.29) is 12.2 Å². The summed E-state index contributed by atoms with van der Waals surface area (Å²) in [6.07, 6.45) is 3.54. The van der Waals surface area contributed by atoms with Gasteiger partial charge in [0.15, 0.2) is 0 Å². The summed E-state index contributed by atoms with van der Waals surface area (Å²) in [7, 11) is 1.74. The largest absolute Gasteiger partial charge is 0.491 e. The maximum absolute atomic E-state index is 12.7. The molecule has 0 unspecified atom stereocenters. The van der Waals surface area contributed by atoms with Crippen LogP contribution in [0.1, 0.15) is 48.0 Å². The first-order valence-corrected chi connectivity index (χ1v) is 10.9. The predicted octanol–water partition coefficient (Wildman–Crippen LogP) is 4.80. The van der Waals surface area contributed by atoms with Crippen LogP contribution < -0.4 is 15.6 Å². The van der Waals surface area contributed by atoms with Crippen molar-refractivity contribution in [2.75, 3.05) is 6.61 Å². The molecule has 0 radical (unpaired) electrons. The highest BCUT2D eigenvalue weighted by Crippen LogP contribution is 2.27. The smallest absolute Gasteiger partial charge is 0.408 e. The highest BCUT2D eigenvalue weighted by molar-refractivity contribution is 6.05. The summed E-state index contributed by atoms with van der Waals surface area (Å²) in [5, 5.41) is 5.38. The molecule has 1 amide bonds.